The van der Waals surface area contributed by atoms with Crippen molar-refractivity contribution in [1.82, 2.24) is 5.32 Å². The smallest absolute Gasteiger partial charge is 0.229 e. The van der Waals surface area contributed by atoms with E-state index < -0.39 is 0 Å². The zero-order valence-electron chi connectivity index (χ0n) is 7.30. The van der Waals surface area contributed by atoms with Gasteiger partial charge in [0.05, 0.1) is 13.0 Å². The lowest BCUT2D eigenvalue weighted by molar-refractivity contribution is -0.00193. The molecule has 1 spiro atoms. The summed E-state index contributed by atoms with van der Waals surface area (Å²) in [6, 6.07) is 0. The Labute approximate surface area is 71.9 Å². The first-order chi connectivity index (χ1) is 5.85. The van der Waals surface area contributed by atoms with Crippen LogP contribution in [0.1, 0.15) is 19.8 Å². The third kappa shape index (κ3) is 1.27. The van der Waals surface area contributed by atoms with E-state index in [4.69, 9.17) is 9.57 Å². The minimum atomic E-state index is -0.0789. The molecule has 0 radical (unpaired) electrons. The molecule has 1 atom stereocenters. The summed E-state index contributed by atoms with van der Waals surface area (Å²) in [5, 5.41) is 7.18. The maximum absolute atomic E-state index is 5.37. The van der Waals surface area contributed by atoms with Crippen molar-refractivity contribution in [3.05, 3.63) is 0 Å². The van der Waals surface area contributed by atoms with Crippen LogP contribution in [-0.4, -0.2) is 31.2 Å². The van der Waals surface area contributed by atoms with Crippen LogP contribution in [-0.2, 0) is 9.57 Å². The Morgan fingerprint density at radius 2 is 2.67 bits per heavy atom. The molecule has 1 unspecified atom stereocenters. The second-order valence-electron chi connectivity index (χ2n) is 3.30. The molecule has 12 heavy (non-hydrogen) atoms. The van der Waals surface area contributed by atoms with E-state index in [1.165, 1.54) is 0 Å². The fourth-order valence-corrected chi connectivity index (χ4v) is 1.68. The lowest BCUT2D eigenvalue weighted by Gasteiger charge is -2.17. The molecule has 0 aromatic rings. The molecule has 1 N–H and O–H groups in total. The number of oxime groups is 1. The Hall–Kier alpha value is -0.770. The molecular formula is C8H14N2O2. The standard InChI is InChI=1S/C8H14N2O2/c1-2-11-7-5-8(12-10-7)3-4-9-6-8/h9H,2-6H2,1H3. The average Bonchev–Trinajstić information content (AvgIpc) is 2.65. The van der Waals surface area contributed by atoms with Gasteiger partial charge in [0, 0.05) is 13.0 Å². The van der Waals surface area contributed by atoms with Crippen molar-refractivity contribution in [2.24, 2.45) is 5.16 Å². The van der Waals surface area contributed by atoms with E-state index >= 15 is 0 Å². The summed E-state index contributed by atoms with van der Waals surface area (Å²) in [7, 11) is 0. The highest BCUT2D eigenvalue weighted by Crippen LogP contribution is 2.29. The van der Waals surface area contributed by atoms with E-state index in [-0.39, 0.29) is 5.60 Å². The number of rotatable bonds is 1. The summed E-state index contributed by atoms with van der Waals surface area (Å²) in [4.78, 5) is 5.37. The van der Waals surface area contributed by atoms with E-state index in [2.05, 4.69) is 10.5 Å². The summed E-state index contributed by atoms with van der Waals surface area (Å²) in [6.45, 7) is 4.55. The molecule has 2 heterocycles. The van der Waals surface area contributed by atoms with Crippen molar-refractivity contribution in [3.8, 4) is 0 Å². The highest BCUT2D eigenvalue weighted by atomic mass is 16.7. The lowest BCUT2D eigenvalue weighted by Crippen LogP contribution is -2.31. The largest absolute Gasteiger partial charge is 0.479 e. The molecular weight excluding hydrogens is 156 g/mol. The Kier molecular flexibility index (Phi) is 1.92. The van der Waals surface area contributed by atoms with Crippen molar-refractivity contribution < 1.29 is 9.57 Å². The number of nitrogens with zero attached hydrogens (tertiary/aromatic N) is 1. The molecule has 4 nitrogen and oxygen atoms in total. The van der Waals surface area contributed by atoms with Gasteiger partial charge in [0.15, 0.2) is 5.60 Å². The molecule has 2 rings (SSSR count). The van der Waals surface area contributed by atoms with Crippen LogP contribution in [0.15, 0.2) is 5.16 Å². The van der Waals surface area contributed by atoms with Crippen LogP contribution in [0.3, 0.4) is 0 Å². The fraction of sp³-hybridized carbons (Fsp3) is 0.875. The summed E-state index contributed by atoms with van der Waals surface area (Å²) < 4.78 is 5.29. The van der Waals surface area contributed by atoms with Crippen LogP contribution < -0.4 is 5.32 Å². The van der Waals surface area contributed by atoms with Gasteiger partial charge in [-0.1, -0.05) is 5.16 Å². The number of hydrogen-bond donors (Lipinski definition) is 1. The predicted octanol–water partition coefficient (Wildman–Crippen LogP) is 0.489. The molecule has 1 saturated heterocycles. The maximum atomic E-state index is 5.37. The molecule has 0 aromatic carbocycles. The van der Waals surface area contributed by atoms with Crippen LogP contribution in [0.25, 0.3) is 0 Å². The quantitative estimate of drug-likeness (QED) is 0.622. The van der Waals surface area contributed by atoms with E-state index in [9.17, 15) is 0 Å². The van der Waals surface area contributed by atoms with Crippen LogP contribution in [0.2, 0.25) is 0 Å². The summed E-state index contributed by atoms with van der Waals surface area (Å²) in [5.41, 5.74) is -0.0789. The third-order valence-corrected chi connectivity index (χ3v) is 2.33. The van der Waals surface area contributed by atoms with Gasteiger partial charge in [-0.15, -0.1) is 0 Å². The first kappa shape index (κ1) is 7.86. The van der Waals surface area contributed by atoms with E-state index in [1.54, 1.807) is 0 Å². The first-order valence-electron chi connectivity index (χ1n) is 4.43. The fourth-order valence-electron chi connectivity index (χ4n) is 1.68. The van der Waals surface area contributed by atoms with Crippen LogP contribution >= 0.6 is 0 Å². The summed E-state index contributed by atoms with van der Waals surface area (Å²) in [5.74, 6) is 0.751. The van der Waals surface area contributed by atoms with Gasteiger partial charge in [0.1, 0.15) is 0 Å². The number of nitrogens with one attached hydrogen (secondary N) is 1. The van der Waals surface area contributed by atoms with Gasteiger partial charge in [-0.3, -0.25) is 0 Å². The summed E-state index contributed by atoms with van der Waals surface area (Å²) in [6.07, 6.45) is 1.86. The summed E-state index contributed by atoms with van der Waals surface area (Å²) >= 11 is 0. The van der Waals surface area contributed by atoms with Crippen molar-refractivity contribution in [1.29, 1.82) is 0 Å². The Balaban J connectivity index is 1.92. The van der Waals surface area contributed by atoms with Crippen LogP contribution in [0, 0.1) is 0 Å². The second kappa shape index (κ2) is 2.94. The minimum Gasteiger partial charge on any atom is -0.479 e. The molecule has 0 aromatic heterocycles. The topological polar surface area (TPSA) is 42.9 Å². The normalized spacial score (nSPS) is 33.6. The molecule has 0 amide bonds. The van der Waals surface area contributed by atoms with Crippen molar-refractivity contribution >= 4 is 5.90 Å². The molecule has 68 valence electrons. The monoisotopic (exact) mass is 170 g/mol. The van der Waals surface area contributed by atoms with Gasteiger partial charge in [0.2, 0.25) is 5.90 Å². The van der Waals surface area contributed by atoms with Crippen LogP contribution in [0.5, 0.6) is 0 Å². The Morgan fingerprint density at radius 1 is 1.75 bits per heavy atom. The molecule has 1 fully saturated rings. The molecule has 0 aliphatic carbocycles. The van der Waals surface area contributed by atoms with E-state index in [1.807, 2.05) is 6.92 Å². The van der Waals surface area contributed by atoms with Gasteiger partial charge < -0.3 is 14.9 Å². The van der Waals surface area contributed by atoms with Crippen molar-refractivity contribution in [2.45, 2.75) is 25.4 Å². The lowest BCUT2D eigenvalue weighted by atomic mass is 10.00. The zero-order valence-corrected chi connectivity index (χ0v) is 7.30. The maximum Gasteiger partial charge on any atom is 0.229 e. The molecule has 4 heteroatoms. The Bertz CT molecular complexity index is 197. The third-order valence-electron chi connectivity index (χ3n) is 2.33. The molecule has 2 aliphatic heterocycles. The van der Waals surface area contributed by atoms with Gasteiger partial charge in [-0.2, -0.15) is 0 Å². The van der Waals surface area contributed by atoms with Crippen molar-refractivity contribution in [3.63, 3.8) is 0 Å². The minimum absolute atomic E-state index is 0.0789. The first-order valence-corrected chi connectivity index (χ1v) is 4.43. The molecule has 0 saturated carbocycles. The van der Waals surface area contributed by atoms with Gasteiger partial charge >= 0.3 is 0 Å². The van der Waals surface area contributed by atoms with Gasteiger partial charge in [0.25, 0.3) is 0 Å². The second-order valence-corrected chi connectivity index (χ2v) is 3.30. The van der Waals surface area contributed by atoms with E-state index in [0.29, 0.717) is 6.61 Å². The zero-order chi connectivity index (χ0) is 8.44. The van der Waals surface area contributed by atoms with Crippen molar-refractivity contribution in [2.75, 3.05) is 19.7 Å². The van der Waals surface area contributed by atoms with Gasteiger partial charge in [-0.25, -0.2) is 0 Å². The highest BCUT2D eigenvalue weighted by molar-refractivity contribution is 5.78. The Morgan fingerprint density at radius 3 is 3.33 bits per heavy atom. The molecule has 2 aliphatic rings. The highest BCUT2D eigenvalue weighted by Gasteiger charge is 2.42. The van der Waals surface area contributed by atoms with E-state index in [0.717, 1.165) is 31.8 Å². The van der Waals surface area contributed by atoms with Gasteiger partial charge in [-0.05, 0) is 13.5 Å². The predicted molar refractivity (Wildman–Crippen MR) is 45.0 cm³/mol. The average molecular weight is 170 g/mol. The SMILES string of the molecule is CCOC1=NOC2(CCNC2)C1. The molecule has 0 bridgehead atoms. The number of hydrogen-bond acceptors (Lipinski definition) is 4. The van der Waals surface area contributed by atoms with Crippen LogP contribution in [0.4, 0.5) is 0 Å². The number of ether oxygens (including phenoxy) is 1.